The van der Waals surface area contributed by atoms with Gasteiger partial charge in [-0.25, -0.2) is 9.97 Å². The molecule has 0 unspecified atom stereocenters. The minimum Gasteiger partial charge on any atom is -0.485 e. The molecule has 0 spiro atoms. The highest BCUT2D eigenvalue weighted by Crippen LogP contribution is 2.23. The predicted octanol–water partition coefficient (Wildman–Crippen LogP) is 1.95. The lowest BCUT2D eigenvalue weighted by atomic mass is 10.2. The van der Waals surface area contributed by atoms with Crippen molar-refractivity contribution in [1.29, 1.82) is 0 Å². The molecule has 0 saturated heterocycles. The summed E-state index contributed by atoms with van der Waals surface area (Å²) in [7, 11) is 0. The lowest BCUT2D eigenvalue weighted by Gasteiger charge is -2.09. The molecule has 0 aliphatic rings. The van der Waals surface area contributed by atoms with Crippen molar-refractivity contribution in [2.45, 2.75) is 13.5 Å². The topological polar surface area (TPSA) is 61.0 Å². The van der Waals surface area contributed by atoms with Gasteiger partial charge in [0.05, 0.1) is 0 Å². The smallest absolute Gasteiger partial charge is 0.166 e. The normalized spacial score (nSPS) is 10.1. The Morgan fingerprint density at radius 3 is 2.69 bits per heavy atom. The van der Waals surface area contributed by atoms with Gasteiger partial charge in [-0.2, -0.15) is 0 Å². The number of rotatable bonds is 3. The molecule has 4 nitrogen and oxygen atoms in total. The summed E-state index contributed by atoms with van der Waals surface area (Å²) in [5, 5.41) is 0. The summed E-state index contributed by atoms with van der Waals surface area (Å²) in [6, 6.07) is 7.37. The number of hydrogen-bond acceptors (Lipinski definition) is 4. The number of hydrogen-bond donors (Lipinski definition) is 1. The van der Waals surface area contributed by atoms with Gasteiger partial charge in [-0.1, -0.05) is 6.07 Å². The molecule has 0 radical (unpaired) electrons. The summed E-state index contributed by atoms with van der Waals surface area (Å²) in [5.74, 6) is 1.43. The molecule has 82 valence electrons. The van der Waals surface area contributed by atoms with E-state index in [4.69, 9.17) is 10.5 Å². The molecular weight excluding hydrogens is 202 g/mol. The van der Waals surface area contributed by atoms with Crippen LogP contribution < -0.4 is 10.5 Å². The molecule has 2 N–H and O–H groups in total. The Morgan fingerprint density at radius 2 is 1.94 bits per heavy atom. The molecule has 2 aromatic rings. The van der Waals surface area contributed by atoms with Crippen LogP contribution >= 0.6 is 0 Å². The van der Waals surface area contributed by atoms with E-state index in [2.05, 4.69) is 9.97 Å². The van der Waals surface area contributed by atoms with Gasteiger partial charge in [0.25, 0.3) is 0 Å². The van der Waals surface area contributed by atoms with Crippen molar-refractivity contribution in [2.24, 2.45) is 0 Å². The zero-order chi connectivity index (χ0) is 11.4. The number of aromatic nitrogens is 2. The van der Waals surface area contributed by atoms with Crippen molar-refractivity contribution in [1.82, 2.24) is 9.97 Å². The summed E-state index contributed by atoms with van der Waals surface area (Å²) in [4.78, 5) is 8.16. The van der Waals surface area contributed by atoms with Crippen LogP contribution in [0.25, 0.3) is 0 Å². The number of benzene rings is 1. The number of ether oxygens (including phenoxy) is 1. The molecule has 1 heterocycles. The van der Waals surface area contributed by atoms with Crippen molar-refractivity contribution in [3.63, 3.8) is 0 Å². The van der Waals surface area contributed by atoms with Crippen LogP contribution in [0.5, 0.6) is 5.75 Å². The molecule has 0 aliphatic carbocycles. The van der Waals surface area contributed by atoms with Gasteiger partial charge in [-0.3, -0.25) is 0 Å². The second kappa shape index (κ2) is 4.61. The molecule has 1 aromatic heterocycles. The zero-order valence-electron chi connectivity index (χ0n) is 9.05. The summed E-state index contributed by atoms with van der Waals surface area (Å²) in [6.07, 6.45) is 3.38. The van der Waals surface area contributed by atoms with Gasteiger partial charge in [0.15, 0.2) is 5.82 Å². The van der Waals surface area contributed by atoms with E-state index in [1.807, 2.05) is 25.1 Å². The first kappa shape index (κ1) is 10.4. The molecule has 0 atom stereocenters. The third-order valence-electron chi connectivity index (χ3n) is 2.30. The average molecular weight is 215 g/mol. The Hall–Kier alpha value is -2.10. The van der Waals surface area contributed by atoms with Gasteiger partial charge in [-0.15, -0.1) is 0 Å². The van der Waals surface area contributed by atoms with Crippen LogP contribution in [0.2, 0.25) is 0 Å². The third-order valence-corrected chi connectivity index (χ3v) is 2.30. The van der Waals surface area contributed by atoms with E-state index in [9.17, 15) is 0 Å². The number of nitrogen functional groups attached to an aromatic ring is 1. The van der Waals surface area contributed by atoms with Crippen LogP contribution in [0.1, 0.15) is 11.4 Å². The summed E-state index contributed by atoms with van der Waals surface area (Å²) < 4.78 is 5.60. The van der Waals surface area contributed by atoms with Gasteiger partial charge >= 0.3 is 0 Å². The summed E-state index contributed by atoms with van der Waals surface area (Å²) in [5.41, 5.74) is 7.45. The Bertz CT molecular complexity index is 471. The molecule has 1 aromatic carbocycles. The summed E-state index contributed by atoms with van der Waals surface area (Å²) in [6.45, 7) is 2.28. The van der Waals surface area contributed by atoms with E-state index >= 15 is 0 Å². The number of anilines is 1. The monoisotopic (exact) mass is 215 g/mol. The van der Waals surface area contributed by atoms with Crippen LogP contribution in [-0.2, 0) is 6.61 Å². The first-order chi connectivity index (χ1) is 7.77. The average Bonchev–Trinajstić information content (AvgIpc) is 2.32. The van der Waals surface area contributed by atoms with E-state index in [1.165, 1.54) is 0 Å². The van der Waals surface area contributed by atoms with E-state index in [1.54, 1.807) is 18.5 Å². The maximum Gasteiger partial charge on any atom is 0.166 e. The molecule has 0 amide bonds. The molecule has 0 saturated carbocycles. The standard InChI is InChI=1S/C12H13N3O/c1-9-10(13)4-2-5-11(9)16-8-12-14-6-3-7-15-12/h2-7H,8,13H2,1H3. The van der Waals surface area contributed by atoms with Crippen LogP contribution in [0.15, 0.2) is 36.7 Å². The molecule has 0 bridgehead atoms. The van der Waals surface area contributed by atoms with E-state index in [0.29, 0.717) is 12.4 Å². The quantitative estimate of drug-likeness (QED) is 0.795. The fourth-order valence-corrected chi connectivity index (χ4v) is 1.33. The third kappa shape index (κ3) is 2.28. The minimum absolute atomic E-state index is 0.352. The van der Waals surface area contributed by atoms with Gasteiger partial charge in [0, 0.05) is 23.6 Å². The lowest BCUT2D eigenvalue weighted by molar-refractivity contribution is 0.294. The Kier molecular flexibility index (Phi) is 3.00. The number of nitrogens with zero attached hydrogens (tertiary/aromatic N) is 2. The fourth-order valence-electron chi connectivity index (χ4n) is 1.33. The lowest BCUT2D eigenvalue weighted by Crippen LogP contribution is -2.02. The van der Waals surface area contributed by atoms with Gasteiger partial charge in [0.2, 0.25) is 0 Å². The predicted molar refractivity (Wildman–Crippen MR) is 62.0 cm³/mol. The van der Waals surface area contributed by atoms with Gasteiger partial charge in [0.1, 0.15) is 12.4 Å². The zero-order valence-corrected chi connectivity index (χ0v) is 9.05. The summed E-state index contributed by atoms with van der Waals surface area (Å²) >= 11 is 0. The van der Waals surface area contributed by atoms with E-state index in [0.717, 1.165) is 17.0 Å². The largest absolute Gasteiger partial charge is 0.485 e. The maximum absolute atomic E-state index is 5.78. The molecule has 16 heavy (non-hydrogen) atoms. The van der Waals surface area contributed by atoms with Crippen molar-refractivity contribution in [2.75, 3.05) is 5.73 Å². The Labute approximate surface area is 94.1 Å². The fraction of sp³-hybridized carbons (Fsp3) is 0.167. The van der Waals surface area contributed by atoms with E-state index in [-0.39, 0.29) is 0 Å². The highest BCUT2D eigenvalue weighted by molar-refractivity contribution is 5.53. The first-order valence-corrected chi connectivity index (χ1v) is 5.01. The van der Waals surface area contributed by atoms with Crippen molar-refractivity contribution >= 4 is 5.69 Å². The molecule has 4 heteroatoms. The molecule has 0 fully saturated rings. The van der Waals surface area contributed by atoms with Crippen LogP contribution in [0.3, 0.4) is 0 Å². The van der Waals surface area contributed by atoms with Gasteiger partial charge in [-0.05, 0) is 25.1 Å². The van der Waals surface area contributed by atoms with E-state index < -0.39 is 0 Å². The van der Waals surface area contributed by atoms with Crippen LogP contribution in [0, 0.1) is 6.92 Å². The van der Waals surface area contributed by atoms with Crippen LogP contribution in [0.4, 0.5) is 5.69 Å². The highest BCUT2D eigenvalue weighted by Gasteiger charge is 2.03. The second-order valence-electron chi connectivity index (χ2n) is 3.42. The minimum atomic E-state index is 0.352. The Balaban J connectivity index is 2.08. The van der Waals surface area contributed by atoms with Crippen molar-refractivity contribution < 1.29 is 4.74 Å². The Morgan fingerprint density at radius 1 is 1.19 bits per heavy atom. The molecule has 2 rings (SSSR count). The number of nitrogens with two attached hydrogens (primary N) is 1. The first-order valence-electron chi connectivity index (χ1n) is 5.01. The SMILES string of the molecule is Cc1c(N)cccc1OCc1ncccn1. The van der Waals surface area contributed by atoms with Crippen molar-refractivity contribution in [3.05, 3.63) is 48.0 Å². The molecule has 0 aliphatic heterocycles. The van der Waals surface area contributed by atoms with Crippen molar-refractivity contribution in [3.8, 4) is 5.75 Å². The van der Waals surface area contributed by atoms with Gasteiger partial charge < -0.3 is 10.5 Å². The molecular formula is C12H13N3O. The van der Waals surface area contributed by atoms with Crippen LogP contribution in [-0.4, -0.2) is 9.97 Å². The second-order valence-corrected chi connectivity index (χ2v) is 3.42. The highest BCUT2D eigenvalue weighted by atomic mass is 16.5. The maximum atomic E-state index is 5.78.